The van der Waals surface area contributed by atoms with E-state index >= 15 is 0 Å². The Balaban J connectivity index is 1.19. The van der Waals surface area contributed by atoms with Gasteiger partial charge in [0.1, 0.15) is 23.7 Å². The van der Waals surface area contributed by atoms with Gasteiger partial charge < -0.3 is 24.2 Å². The van der Waals surface area contributed by atoms with E-state index in [-0.39, 0.29) is 5.91 Å². The molecule has 3 aromatic rings. The van der Waals surface area contributed by atoms with Crippen LogP contribution in [0.2, 0.25) is 0 Å². The zero-order chi connectivity index (χ0) is 23.1. The SMILES string of the molecule is C[C@H](O)C(=O)N1C[C@@H]2C(C#Cc3ccc(-c4cc(Cn5ccnc5[C@H](C)O)no4)cc3)[C@@H]2C1. The molecule has 1 aliphatic heterocycles. The third-order valence-corrected chi connectivity index (χ3v) is 6.43. The number of aliphatic hydroxyl groups excluding tert-OH is 2. The van der Waals surface area contributed by atoms with Crippen molar-refractivity contribution in [2.75, 3.05) is 13.1 Å². The number of nitrogens with zero attached hydrogens (tertiary/aromatic N) is 4. The minimum atomic E-state index is -0.932. The van der Waals surface area contributed by atoms with Gasteiger partial charge >= 0.3 is 0 Å². The minimum Gasteiger partial charge on any atom is -0.385 e. The van der Waals surface area contributed by atoms with Crippen LogP contribution in [0.25, 0.3) is 11.3 Å². The lowest BCUT2D eigenvalue weighted by Gasteiger charge is -2.20. The summed E-state index contributed by atoms with van der Waals surface area (Å²) in [5.41, 5.74) is 2.59. The molecule has 3 heterocycles. The van der Waals surface area contributed by atoms with Crippen LogP contribution in [0.15, 0.2) is 47.2 Å². The second-order valence-electron chi connectivity index (χ2n) is 8.89. The number of amides is 1. The van der Waals surface area contributed by atoms with Crippen molar-refractivity contribution in [2.45, 2.75) is 32.6 Å². The number of hydrogen-bond donors (Lipinski definition) is 2. The van der Waals surface area contributed by atoms with E-state index in [1.54, 1.807) is 24.2 Å². The first kappa shape index (κ1) is 21.4. The molecule has 2 fully saturated rings. The summed E-state index contributed by atoms with van der Waals surface area (Å²) in [7, 11) is 0. The van der Waals surface area contributed by atoms with Gasteiger partial charge in [0.25, 0.3) is 5.91 Å². The fraction of sp³-hybridized carbons (Fsp3) is 0.400. The molecule has 1 unspecified atom stereocenters. The maximum absolute atomic E-state index is 11.9. The summed E-state index contributed by atoms with van der Waals surface area (Å²) in [6.07, 6.45) is 1.88. The molecule has 2 aromatic heterocycles. The highest BCUT2D eigenvalue weighted by Crippen LogP contribution is 2.51. The molecule has 170 valence electrons. The van der Waals surface area contributed by atoms with Crippen molar-refractivity contribution >= 4 is 5.91 Å². The van der Waals surface area contributed by atoms with Gasteiger partial charge in [-0.25, -0.2) is 4.98 Å². The van der Waals surface area contributed by atoms with Gasteiger partial charge in [0.2, 0.25) is 0 Å². The average molecular weight is 447 g/mol. The van der Waals surface area contributed by atoms with E-state index in [1.807, 2.05) is 34.9 Å². The second kappa shape index (κ2) is 8.50. The van der Waals surface area contributed by atoms with Crippen molar-refractivity contribution in [1.82, 2.24) is 19.6 Å². The molecule has 2 aliphatic rings. The standard InChI is InChI=1S/C25H26N4O4/c1-15(30)24-26-9-10-28(24)12-19-11-23(33-27-19)18-6-3-17(4-7-18)5-8-20-21-13-29(14-22(20)21)25(32)16(2)31/h3-4,6-7,9-11,15-16,20-22,30-31H,12-14H2,1-2H3/t15-,16-,20?,21-,22+/m0/s1. The summed E-state index contributed by atoms with van der Waals surface area (Å²) < 4.78 is 7.36. The molecule has 0 radical (unpaired) electrons. The van der Waals surface area contributed by atoms with Crippen molar-refractivity contribution < 1.29 is 19.5 Å². The zero-order valence-electron chi connectivity index (χ0n) is 18.5. The van der Waals surface area contributed by atoms with E-state index in [9.17, 15) is 15.0 Å². The monoisotopic (exact) mass is 446 g/mol. The normalized spacial score (nSPS) is 22.9. The first-order valence-corrected chi connectivity index (χ1v) is 11.1. The molecule has 1 aromatic carbocycles. The number of benzene rings is 1. The topological polar surface area (TPSA) is 105 Å². The van der Waals surface area contributed by atoms with E-state index < -0.39 is 12.2 Å². The molecular formula is C25H26N4O4. The number of likely N-dealkylation sites (tertiary alicyclic amines) is 1. The number of hydrogen-bond acceptors (Lipinski definition) is 6. The van der Waals surface area contributed by atoms with Gasteiger partial charge in [-0.3, -0.25) is 4.79 Å². The van der Waals surface area contributed by atoms with Gasteiger partial charge in [0.05, 0.1) is 6.54 Å². The lowest BCUT2D eigenvalue weighted by molar-refractivity contribution is -0.138. The third kappa shape index (κ3) is 4.30. The molecule has 33 heavy (non-hydrogen) atoms. The Hall–Kier alpha value is -3.41. The van der Waals surface area contributed by atoms with Gasteiger partial charge in [-0.1, -0.05) is 17.0 Å². The highest BCUT2D eigenvalue weighted by molar-refractivity contribution is 5.80. The molecular weight excluding hydrogens is 420 g/mol. The van der Waals surface area contributed by atoms with E-state index in [0.717, 1.165) is 16.8 Å². The van der Waals surface area contributed by atoms with Crippen LogP contribution >= 0.6 is 0 Å². The van der Waals surface area contributed by atoms with Crippen LogP contribution in [0.4, 0.5) is 0 Å². The lowest BCUT2D eigenvalue weighted by Crippen LogP contribution is -2.37. The van der Waals surface area contributed by atoms with E-state index in [4.69, 9.17) is 4.52 Å². The van der Waals surface area contributed by atoms with Crippen molar-refractivity contribution in [1.29, 1.82) is 0 Å². The van der Waals surface area contributed by atoms with Crippen molar-refractivity contribution in [3.63, 3.8) is 0 Å². The first-order valence-electron chi connectivity index (χ1n) is 11.1. The number of carbonyl (C=O) groups excluding carboxylic acids is 1. The number of fused-ring (bicyclic) bond motifs is 1. The van der Waals surface area contributed by atoms with Crippen molar-refractivity contribution in [3.05, 3.63) is 59.8 Å². The summed E-state index contributed by atoms with van der Waals surface area (Å²) in [5.74, 6) is 8.85. The largest absolute Gasteiger partial charge is 0.385 e. The Bertz CT molecular complexity index is 1200. The minimum absolute atomic E-state index is 0.187. The number of rotatable bonds is 5. The van der Waals surface area contributed by atoms with E-state index in [0.29, 0.717) is 49.0 Å². The lowest BCUT2D eigenvalue weighted by atomic mass is 10.1. The molecule has 5 rings (SSSR count). The Kier molecular flexibility index (Phi) is 5.52. The quantitative estimate of drug-likeness (QED) is 0.582. The Morgan fingerprint density at radius 2 is 1.94 bits per heavy atom. The number of imidazole rings is 1. The molecule has 0 spiro atoms. The smallest absolute Gasteiger partial charge is 0.251 e. The van der Waals surface area contributed by atoms with Crippen LogP contribution in [0.1, 0.15) is 37.0 Å². The molecule has 8 heteroatoms. The predicted molar refractivity (Wildman–Crippen MR) is 120 cm³/mol. The van der Waals surface area contributed by atoms with Crippen molar-refractivity contribution in [2.24, 2.45) is 17.8 Å². The molecule has 8 nitrogen and oxygen atoms in total. The zero-order valence-corrected chi connectivity index (χ0v) is 18.5. The van der Waals surface area contributed by atoms with Gasteiger partial charge in [-0.15, -0.1) is 0 Å². The maximum atomic E-state index is 11.9. The molecule has 1 amide bonds. The summed E-state index contributed by atoms with van der Waals surface area (Å²) in [5, 5.41) is 23.4. The number of piperidine rings is 1. The number of carbonyl (C=O) groups is 1. The molecule has 1 aliphatic carbocycles. The molecule has 5 atom stereocenters. The van der Waals surface area contributed by atoms with Gasteiger partial charge in [-0.2, -0.15) is 0 Å². The first-order chi connectivity index (χ1) is 15.9. The van der Waals surface area contributed by atoms with Crippen LogP contribution < -0.4 is 0 Å². The van der Waals surface area contributed by atoms with Gasteiger partial charge in [-0.05, 0) is 49.9 Å². The van der Waals surface area contributed by atoms with Gasteiger partial charge in [0, 0.05) is 48.6 Å². The van der Waals surface area contributed by atoms with Gasteiger partial charge in [0.15, 0.2) is 5.76 Å². The summed E-state index contributed by atoms with van der Waals surface area (Å²) >= 11 is 0. The van der Waals surface area contributed by atoms with Crippen LogP contribution in [-0.4, -0.2) is 54.9 Å². The highest BCUT2D eigenvalue weighted by atomic mass is 16.5. The molecule has 1 saturated carbocycles. The highest BCUT2D eigenvalue weighted by Gasteiger charge is 2.56. The Labute approximate surface area is 191 Å². The maximum Gasteiger partial charge on any atom is 0.251 e. The number of aromatic nitrogens is 3. The summed E-state index contributed by atoms with van der Waals surface area (Å²) in [4.78, 5) is 17.8. The van der Waals surface area contributed by atoms with E-state index in [2.05, 4.69) is 22.0 Å². The molecule has 2 N–H and O–H groups in total. The Morgan fingerprint density at radius 1 is 1.21 bits per heavy atom. The fourth-order valence-corrected chi connectivity index (χ4v) is 4.59. The second-order valence-corrected chi connectivity index (χ2v) is 8.89. The van der Waals surface area contributed by atoms with E-state index in [1.165, 1.54) is 6.92 Å². The molecule has 0 bridgehead atoms. The molecule has 1 saturated heterocycles. The van der Waals surface area contributed by atoms with Crippen molar-refractivity contribution in [3.8, 4) is 23.2 Å². The fourth-order valence-electron chi connectivity index (χ4n) is 4.59. The number of aliphatic hydroxyl groups is 2. The predicted octanol–water partition coefficient (Wildman–Crippen LogP) is 2.08. The summed E-state index contributed by atoms with van der Waals surface area (Å²) in [6, 6.07) is 9.74. The van der Waals surface area contributed by atoms with Crippen LogP contribution in [0.3, 0.4) is 0 Å². The summed E-state index contributed by atoms with van der Waals surface area (Å²) in [6.45, 7) is 5.05. The average Bonchev–Trinajstić information content (AvgIpc) is 3.29. The van der Waals surface area contributed by atoms with Crippen LogP contribution in [-0.2, 0) is 11.3 Å². The van der Waals surface area contributed by atoms with Crippen LogP contribution in [0, 0.1) is 29.6 Å². The Morgan fingerprint density at radius 3 is 2.61 bits per heavy atom. The third-order valence-electron chi connectivity index (χ3n) is 6.43. The van der Waals surface area contributed by atoms with Crippen LogP contribution in [0.5, 0.6) is 0 Å².